The molecule has 2 heterocycles. The van der Waals surface area contributed by atoms with E-state index < -0.39 is 0 Å². The third kappa shape index (κ3) is 2.58. The Hall–Kier alpha value is -2.28. The summed E-state index contributed by atoms with van der Waals surface area (Å²) in [6.07, 6.45) is 0. The van der Waals surface area contributed by atoms with E-state index in [-0.39, 0.29) is 0 Å². The number of para-hydroxylation sites is 1. The van der Waals surface area contributed by atoms with Crippen LogP contribution in [-0.4, -0.2) is 14.5 Å². The van der Waals surface area contributed by atoms with Crippen LogP contribution in [-0.2, 0) is 0 Å². The highest BCUT2D eigenvalue weighted by Gasteiger charge is 2.15. The van der Waals surface area contributed by atoms with Crippen molar-refractivity contribution in [3.8, 4) is 17.1 Å². The fourth-order valence-corrected chi connectivity index (χ4v) is 3.86. The maximum atomic E-state index is 6.16. The molecule has 24 heavy (non-hydrogen) atoms. The fourth-order valence-electron chi connectivity index (χ4n) is 2.46. The van der Waals surface area contributed by atoms with Crippen LogP contribution in [0.4, 0.5) is 5.82 Å². The highest BCUT2D eigenvalue weighted by Crippen LogP contribution is 2.31. The molecule has 0 amide bonds. The van der Waals surface area contributed by atoms with Crippen LogP contribution in [0.2, 0.25) is 5.02 Å². The zero-order valence-electron chi connectivity index (χ0n) is 12.3. The summed E-state index contributed by atoms with van der Waals surface area (Å²) < 4.78 is 3.40. The number of aromatic nitrogens is 3. The Morgan fingerprint density at radius 2 is 1.71 bits per heavy atom. The second-order valence-corrected chi connectivity index (χ2v) is 7.21. The van der Waals surface area contributed by atoms with Crippen LogP contribution in [0.15, 0.2) is 54.6 Å². The number of halogens is 1. The van der Waals surface area contributed by atoms with Crippen LogP contribution in [0.5, 0.6) is 0 Å². The minimum Gasteiger partial charge on any atom is -0.382 e. The lowest BCUT2D eigenvalue weighted by molar-refractivity contribution is 1.07. The van der Waals surface area contributed by atoms with Gasteiger partial charge in [-0.3, -0.25) is 4.57 Å². The molecule has 0 aliphatic heterocycles. The van der Waals surface area contributed by atoms with Gasteiger partial charge < -0.3 is 5.73 Å². The monoisotopic (exact) mass is 370 g/mol. The SMILES string of the molecule is Nc1nc(-c2ccc(Cl)cc2)nc2c1sc(=S)n2-c1ccccc1. The Bertz CT molecular complexity index is 1090. The second kappa shape index (κ2) is 5.98. The Kier molecular flexibility index (Phi) is 3.80. The fraction of sp³-hybridized carbons (Fsp3) is 0. The largest absolute Gasteiger partial charge is 0.382 e. The highest BCUT2D eigenvalue weighted by atomic mass is 35.5. The van der Waals surface area contributed by atoms with Gasteiger partial charge in [-0.05, 0) is 48.6 Å². The molecule has 4 nitrogen and oxygen atoms in total. The van der Waals surface area contributed by atoms with Crippen LogP contribution in [0.25, 0.3) is 27.4 Å². The number of nitrogens with zero attached hydrogens (tertiary/aromatic N) is 3. The van der Waals surface area contributed by atoms with Gasteiger partial charge in [0.2, 0.25) is 0 Å². The first-order valence-electron chi connectivity index (χ1n) is 7.14. The summed E-state index contributed by atoms with van der Waals surface area (Å²) in [6.45, 7) is 0. The normalized spacial score (nSPS) is 11.0. The number of nitrogens with two attached hydrogens (primary N) is 1. The van der Waals surface area contributed by atoms with Crippen LogP contribution >= 0.6 is 35.2 Å². The van der Waals surface area contributed by atoms with Gasteiger partial charge in [0.1, 0.15) is 10.5 Å². The maximum Gasteiger partial charge on any atom is 0.168 e. The Labute approximate surface area is 152 Å². The highest BCUT2D eigenvalue weighted by molar-refractivity contribution is 7.73. The van der Waals surface area contributed by atoms with E-state index in [1.807, 2.05) is 47.0 Å². The summed E-state index contributed by atoms with van der Waals surface area (Å²) >= 11 is 12.9. The molecule has 0 aliphatic rings. The third-order valence-corrected chi connectivity index (χ3v) is 5.21. The molecule has 0 atom stereocenters. The number of anilines is 1. The van der Waals surface area contributed by atoms with Crippen molar-refractivity contribution in [1.82, 2.24) is 14.5 Å². The number of thiazole rings is 1. The van der Waals surface area contributed by atoms with E-state index in [9.17, 15) is 0 Å². The van der Waals surface area contributed by atoms with Gasteiger partial charge in [0.05, 0.1) is 0 Å². The minimum atomic E-state index is 0.427. The van der Waals surface area contributed by atoms with Crippen molar-refractivity contribution in [2.45, 2.75) is 0 Å². The standard InChI is InChI=1S/C17H11ClN4S2/c18-11-8-6-10(7-9-11)15-20-14(19)13-16(21-15)22(17(23)24-13)12-4-2-1-3-5-12/h1-9H,(H2,19,20,21). The second-order valence-electron chi connectivity index (χ2n) is 5.13. The molecule has 2 aromatic heterocycles. The van der Waals surface area contributed by atoms with E-state index in [0.29, 0.717) is 26.3 Å². The summed E-state index contributed by atoms with van der Waals surface area (Å²) in [5, 5.41) is 0.663. The quantitative estimate of drug-likeness (QED) is 0.498. The van der Waals surface area contributed by atoms with E-state index in [0.717, 1.165) is 16.0 Å². The lowest BCUT2D eigenvalue weighted by Gasteiger charge is -2.06. The average molecular weight is 371 g/mol. The van der Waals surface area contributed by atoms with Crippen LogP contribution in [0.3, 0.4) is 0 Å². The number of nitrogen functional groups attached to an aromatic ring is 1. The molecule has 4 rings (SSSR count). The van der Waals surface area contributed by atoms with Gasteiger partial charge >= 0.3 is 0 Å². The zero-order valence-corrected chi connectivity index (χ0v) is 14.7. The Balaban J connectivity index is 2.00. The van der Waals surface area contributed by atoms with Gasteiger partial charge in [-0.2, -0.15) is 0 Å². The van der Waals surface area contributed by atoms with E-state index >= 15 is 0 Å². The third-order valence-electron chi connectivity index (χ3n) is 3.57. The summed E-state index contributed by atoms with van der Waals surface area (Å²) in [5.74, 6) is 0.977. The van der Waals surface area contributed by atoms with E-state index in [1.54, 1.807) is 12.1 Å². The molecular formula is C17H11ClN4S2. The van der Waals surface area contributed by atoms with Crippen LogP contribution < -0.4 is 5.73 Å². The van der Waals surface area contributed by atoms with E-state index in [4.69, 9.17) is 34.5 Å². The molecule has 118 valence electrons. The molecule has 0 aliphatic carbocycles. The summed E-state index contributed by atoms with van der Waals surface area (Å²) in [7, 11) is 0. The molecule has 0 bridgehead atoms. The molecule has 0 fully saturated rings. The molecular weight excluding hydrogens is 360 g/mol. The molecule has 0 unspecified atom stereocenters. The van der Waals surface area contributed by atoms with Crippen molar-refractivity contribution in [3.05, 3.63) is 63.6 Å². The van der Waals surface area contributed by atoms with Crippen LogP contribution in [0.1, 0.15) is 0 Å². The lowest BCUT2D eigenvalue weighted by atomic mass is 10.2. The van der Waals surface area contributed by atoms with Crippen molar-refractivity contribution in [3.63, 3.8) is 0 Å². The molecule has 0 saturated heterocycles. The first-order chi connectivity index (χ1) is 11.6. The lowest BCUT2D eigenvalue weighted by Crippen LogP contribution is -2.00. The molecule has 0 spiro atoms. The average Bonchev–Trinajstić information content (AvgIpc) is 2.93. The molecule has 2 N–H and O–H groups in total. The van der Waals surface area contributed by atoms with Crippen molar-refractivity contribution in [2.24, 2.45) is 0 Å². The minimum absolute atomic E-state index is 0.427. The van der Waals surface area contributed by atoms with Crippen molar-refractivity contribution < 1.29 is 0 Å². The van der Waals surface area contributed by atoms with E-state index in [2.05, 4.69) is 4.98 Å². The van der Waals surface area contributed by atoms with Crippen molar-refractivity contribution in [1.29, 1.82) is 0 Å². The molecule has 2 aromatic carbocycles. The van der Waals surface area contributed by atoms with Gasteiger partial charge in [0.15, 0.2) is 15.4 Å². The van der Waals surface area contributed by atoms with Crippen molar-refractivity contribution in [2.75, 3.05) is 5.73 Å². The molecule has 7 heteroatoms. The maximum absolute atomic E-state index is 6.16. The first-order valence-corrected chi connectivity index (χ1v) is 8.74. The van der Waals surface area contributed by atoms with Gasteiger partial charge in [-0.1, -0.05) is 41.1 Å². The number of benzene rings is 2. The van der Waals surface area contributed by atoms with Gasteiger partial charge in [-0.25, -0.2) is 9.97 Å². The summed E-state index contributed by atoms with van der Waals surface area (Å²) in [5.41, 5.74) is 8.68. The van der Waals surface area contributed by atoms with Crippen molar-refractivity contribution >= 4 is 51.3 Å². The molecule has 0 saturated carbocycles. The van der Waals surface area contributed by atoms with E-state index in [1.165, 1.54) is 11.3 Å². The Morgan fingerprint density at radius 1 is 1.00 bits per heavy atom. The van der Waals surface area contributed by atoms with Gasteiger partial charge in [-0.15, -0.1) is 0 Å². The number of fused-ring (bicyclic) bond motifs is 1. The Morgan fingerprint density at radius 3 is 2.42 bits per heavy atom. The van der Waals surface area contributed by atoms with Crippen LogP contribution in [0, 0.1) is 3.95 Å². The summed E-state index contributed by atoms with van der Waals surface area (Å²) in [4.78, 5) is 9.13. The molecule has 0 radical (unpaired) electrons. The zero-order chi connectivity index (χ0) is 16.7. The predicted molar refractivity (Wildman–Crippen MR) is 102 cm³/mol. The number of hydrogen-bond donors (Lipinski definition) is 1. The first kappa shape index (κ1) is 15.3. The number of rotatable bonds is 2. The van der Waals surface area contributed by atoms with Gasteiger partial charge in [0, 0.05) is 16.3 Å². The predicted octanol–water partition coefficient (Wildman–Crippen LogP) is 5.11. The molecule has 4 aromatic rings. The topological polar surface area (TPSA) is 56.7 Å². The summed E-state index contributed by atoms with van der Waals surface area (Å²) in [6, 6.07) is 17.2. The number of hydrogen-bond acceptors (Lipinski definition) is 5. The van der Waals surface area contributed by atoms with Gasteiger partial charge in [0.25, 0.3) is 0 Å². The smallest absolute Gasteiger partial charge is 0.168 e.